The molecule has 0 bridgehead atoms. The number of hydrogen-bond acceptors (Lipinski definition) is 12. The number of nitrogens with one attached hydrogen (secondary N) is 2. The molecule has 5 aromatic rings. The number of aromatic amines is 1. The normalized spacial score (nSPS) is 12.8. The first-order valence-corrected chi connectivity index (χ1v) is 18.9. The monoisotopic (exact) mass is 757 g/mol. The highest BCUT2D eigenvalue weighted by atomic mass is 16.6. The highest BCUT2D eigenvalue weighted by molar-refractivity contribution is 5.99. The minimum absolute atomic E-state index is 0.0529. The summed E-state index contributed by atoms with van der Waals surface area (Å²) in [7, 11) is 0. The van der Waals surface area contributed by atoms with Gasteiger partial charge in [0.2, 0.25) is 11.8 Å². The first kappa shape index (κ1) is 39.7. The standard InChI is InChI=1S/C39H51N9O7/c1-2-3-33(49)41-10-13-52-15-17-54-19-21-55-20-18-53-16-14-51-12-8-34(50)47-11-7-29-22-28(4-5-31(29)26-47)25-48-39-35(37(40)44-27-45-39)36(46-48)32-23-30-6-9-42-38(30)43-24-32/h4-6,9,22-24,27H,2-3,7-8,10-21,25-26H2,1H3,(H,41,49)(H,42,43)(H2,40,44,45). The number of anilines is 1. The predicted octanol–water partition coefficient (Wildman–Crippen LogP) is 3.27. The number of hydrogen-bond donors (Lipinski definition) is 3. The van der Waals surface area contributed by atoms with Crippen LogP contribution in [-0.4, -0.2) is 126 Å². The molecule has 2 amide bonds. The fraction of sp³-hybridized carbons (Fsp3) is 0.487. The molecule has 5 heterocycles. The molecule has 6 rings (SSSR count). The SMILES string of the molecule is CCCC(=O)NCCOCCOCCOCCOCCOCCC(=O)N1CCc2cc(Cn3nc(-c4cnc5[nH]ccc5c4)c4c(N)ncnc43)ccc2C1. The Kier molecular flexibility index (Phi) is 14.9. The Hall–Kier alpha value is -5.00. The van der Waals surface area contributed by atoms with Crippen LogP contribution in [0.15, 0.2) is 49.1 Å². The molecule has 0 saturated carbocycles. The maximum absolute atomic E-state index is 13.0. The number of nitrogens with zero attached hydrogens (tertiary/aromatic N) is 6. The lowest BCUT2D eigenvalue weighted by Crippen LogP contribution is -2.36. The average Bonchev–Trinajstić information content (AvgIpc) is 3.82. The number of carbonyl (C=O) groups excluding carboxylic acids is 2. The minimum atomic E-state index is 0.0529. The van der Waals surface area contributed by atoms with Gasteiger partial charge < -0.3 is 44.6 Å². The van der Waals surface area contributed by atoms with Crippen molar-refractivity contribution in [1.29, 1.82) is 0 Å². The summed E-state index contributed by atoms with van der Waals surface area (Å²) in [5, 5.41) is 9.42. The van der Waals surface area contributed by atoms with Gasteiger partial charge >= 0.3 is 0 Å². The van der Waals surface area contributed by atoms with Gasteiger partial charge in [-0.25, -0.2) is 19.6 Å². The molecule has 4 N–H and O–H groups in total. The quantitative estimate of drug-likeness (QED) is 0.0825. The van der Waals surface area contributed by atoms with Crippen molar-refractivity contribution in [2.75, 3.05) is 84.9 Å². The Morgan fingerprint density at radius 3 is 2.33 bits per heavy atom. The van der Waals surface area contributed by atoms with E-state index in [1.54, 1.807) is 6.20 Å². The summed E-state index contributed by atoms with van der Waals surface area (Å²) in [6.45, 7) is 8.68. The number of amides is 2. The lowest BCUT2D eigenvalue weighted by atomic mass is 9.97. The van der Waals surface area contributed by atoms with Gasteiger partial charge in [0, 0.05) is 49.4 Å². The topological polar surface area (TPSA) is 194 Å². The predicted molar refractivity (Wildman–Crippen MR) is 206 cm³/mol. The Labute approximate surface area is 320 Å². The highest BCUT2D eigenvalue weighted by Gasteiger charge is 2.22. The second-order valence-electron chi connectivity index (χ2n) is 13.2. The number of benzene rings is 1. The van der Waals surface area contributed by atoms with Gasteiger partial charge in [0.15, 0.2) is 5.65 Å². The molecule has 1 aliphatic heterocycles. The lowest BCUT2D eigenvalue weighted by molar-refractivity contribution is -0.133. The van der Waals surface area contributed by atoms with Crippen LogP contribution in [0.2, 0.25) is 0 Å². The lowest BCUT2D eigenvalue weighted by Gasteiger charge is -2.29. The molecule has 0 unspecified atom stereocenters. The van der Waals surface area contributed by atoms with Crippen LogP contribution in [0.3, 0.4) is 0 Å². The summed E-state index contributed by atoms with van der Waals surface area (Å²) in [5.41, 5.74) is 12.8. The number of carbonyl (C=O) groups is 2. The van der Waals surface area contributed by atoms with E-state index in [9.17, 15) is 9.59 Å². The number of rotatable bonds is 23. The number of pyridine rings is 1. The van der Waals surface area contributed by atoms with Gasteiger partial charge in [0.05, 0.1) is 84.4 Å². The van der Waals surface area contributed by atoms with Gasteiger partial charge in [-0.05, 0) is 41.7 Å². The van der Waals surface area contributed by atoms with Crippen molar-refractivity contribution in [2.24, 2.45) is 0 Å². The summed E-state index contributed by atoms with van der Waals surface area (Å²) in [6.07, 6.45) is 7.58. The molecule has 1 aliphatic rings. The summed E-state index contributed by atoms with van der Waals surface area (Å²) < 4.78 is 29.5. The van der Waals surface area contributed by atoms with E-state index in [4.69, 9.17) is 34.5 Å². The molecule has 16 heteroatoms. The van der Waals surface area contributed by atoms with E-state index in [1.807, 2.05) is 34.8 Å². The maximum Gasteiger partial charge on any atom is 0.225 e. The zero-order valence-corrected chi connectivity index (χ0v) is 31.5. The van der Waals surface area contributed by atoms with E-state index in [2.05, 4.69) is 43.5 Å². The fourth-order valence-corrected chi connectivity index (χ4v) is 6.38. The molecule has 1 aromatic carbocycles. The van der Waals surface area contributed by atoms with Crippen molar-refractivity contribution in [2.45, 2.75) is 45.7 Å². The molecular formula is C39H51N9O7. The van der Waals surface area contributed by atoms with Crippen LogP contribution in [-0.2, 0) is 52.8 Å². The third kappa shape index (κ3) is 11.3. The zero-order valence-electron chi connectivity index (χ0n) is 31.5. The van der Waals surface area contributed by atoms with Crippen LogP contribution in [0.4, 0.5) is 5.82 Å². The number of nitrogens with two attached hydrogens (primary N) is 1. The van der Waals surface area contributed by atoms with Gasteiger partial charge in [-0.1, -0.05) is 25.1 Å². The molecule has 55 heavy (non-hydrogen) atoms. The van der Waals surface area contributed by atoms with E-state index < -0.39 is 0 Å². The Morgan fingerprint density at radius 1 is 0.855 bits per heavy atom. The average molecular weight is 758 g/mol. The van der Waals surface area contributed by atoms with Gasteiger partial charge in [-0.15, -0.1) is 0 Å². The number of ether oxygens (including phenoxy) is 5. The summed E-state index contributed by atoms with van der Waals surface area (Å²) in [5.74, 6) is 0.502. The molecule has 0 spiro atoms. The second-order valence-corrected chi connectivity index (χ2v) is 13.2. The van der Waals surface area contributed by atoms with Gasteiger partial charge in [0.25, 0.3) is 0 Å². The van der Waals surface area contributed by atoms with Crippen molar-refractivity contribution in [3.8, 4) is 11.3 Å². The zero-order chi connectivity index (χ0) is 38.2. The van der Waals surface area contributed by atoms with Crippen molar-refractivity contribution in [1.82, 2.24) is 39.9 Å². The van der Waals surface area contributed by atoms with E-state index in [-0.39, 0.29) is 11.8 Å². The molecule has 0 saturated heterocycles. The highest BCUT2D eigenvalue weighted by Crippen LogP contribution is 2.32. The van der Waals surface area contributed by atoms with Gasteiger partial charge in [0.1, 0.15) is 23.5 Å². The van der Waals surface area contributed by atoms with Crippen molar-refractivity contribution >= 4 is 39.7 Å². The Balaban J connectivity index is 0.840. The Morgan fingerprint density at radius 2 is 1.58 bits per heavy atom. The molecule has 294 valence electrons. The van der Waals surface area contributed by atoms with Crippen molar-refractivity contribution in [3.63, 3.8) is 0 Å². The summed E-state index contributed by atoms with van der Waals surface area (Å²) >= 11 is 0. The molecule has 0 fully saturated rings. The fourth-order valence-electron chi connectivity index (χ4n) is 6.38. The van der Waals surface area contributed by atoms with E-state index >= 15 is 0 Å². The van der Waals surface area contributed by atoms with Gasteiger partial charge in [-0.3, -0.25) is 9.59 Å². The largest absolute Gasteiger partial charge is 0.383 e. The maximum atomic E-state index is 13.0. The summed E-state index contributed by atoms with van der Waals surface area (Å²) in [6, 6.07) is 10.4. The van der Waals surface area contributed by atoms with E-state index in [1.165, 1.54) is 11.9 Å². The van der Waals surface area contributed by atoms with Crippen LogP contribution < -0.4 is 11.1 Å². The third-order valence-electron chi connectivity index (χ3n) is 9.19. The molecule has 16 nitrogen and oxygen atoms in total. The van der Waals surface area contributed by atoms with E-state index in [0.717, 1.165) is 40.6 Å². The number of nitrogen functional groups attached to an aromatic ring is 1. The molecular weight excluding hydrogens is 706 g/mol. The number of aromatic nitrogens is 6. The smallest absolute Gasteiger partial charge is 0.225 e. The van der Waals surface area contributed by atoms with Crippen LogP contribution in [0, 0.1) is 0 Å². The Bertz CT molecular complexity index is 2000. The summed E-state index contributed by atoms with van der Waals surface area (Å²) in [4.78, 5) is 42.7. The second kappa shape index (κ2) is 20.6. The van der Waals surface area contributed by atoms with E-state index in [0.29, 0.717) is 128 Å². The van der Waals surface area contributed by atoms with Crippen LogP contribution in [0.5, 0.6) is 0 Å². The van der Waals surface area contributed by atoms with Crippen molar-refractivity contribution < 1.29 is 33.3 Å². The molecule has 0 aliphatic carbocycles. The molecule has 0 atom stereocenters. The van der Waals surface area contributed by atoms with Crippen LogP contribution in [0.1, 0.15) is 42.9 Å². The first-order valence-electron chi connectivity index (χ1n) is 18.9. The van der Waals surface area contributed by atoms with Gasteiger partial charge in [-0.2, -0.15) is 5.10 Å². The molecule has 0 radical (unpaired) electrons. The number of fused-ring (bicyclic) bond motifs is 3. The number of H-pyrrole nitrogens is 1. The van der Waals surface area contributed by atoms with Crippen LogP contribution >= 0.6 is 0 Å². The van der Waals surface area contributed by atoms with Crippen molar-refractivity contribution in [3.05, 3.63) is 65.7 Å². The molecule has 4 aromatic heterocycles. The third-order valence-corrected chi connectivity index (χ3v) is 9.19. The first-order chi connectivity index (χ1) is 27.0. The van der Waals surface area contributed by atoms with Crippen LogP contribution in [0.25, 0.3) is 33.3 Å². The minimum Gasteiger partial charge on any atom is -0.383 e.